The molecule has 0 bridgehead atoms. The summed E-state index contributed by atoms with van der Waals surface area (Å²) in [6, 6.07) is 93.9. The van der Waals surface area contributed by atoms with Gasteiger partial charge in [0.1, 0.15) is 0 Å². The van der Waals surface area contributed by atoms with Gasteiger partial charge in [0.2, 0.25) is 0 Å². The van der Waals surface area contributed by atoms with Gasteiger partial charge in [0.05, 0.1) is 0 Å². The first-order valence-corrected chi connectivity index (χ1v) is 24.6. The maximum Gasteiger partial charge on any atom is 0.164 e. The van der Waals surface area contributed by atoms with Gasteiger partial charge >= 0.3 is 0 Å². The lowest BCUT2D eigenvalue weighted by molar-refractivity contribution is 1.07. The van der Waals surface area contributed by atoms with Gasteiger partial charge < -0.3 is 0 Å². The highest BCUT2D eigenvalue weighted by atomic mass is 15.0. The summed E-state index contributed by atoms with van der Waals surface area (Å²) >= 11 is 0. The SMILES string of the molecule is c1cc(-c2ccc3cc(-c4ccc5ccccc5c4)ccc3c2)cc(-c2nc(-c3cccc(-c4cc5ccccc5c5ccccc45)c3)nc(-c3cccc(-c4cc5ccccc5c5ccccc45)c3)n2)c1. The van der Waals surface area contributed by atoms with Gasteiger partial charge in [0, 0.05) is 16.7 Å². The maximum absolute atomic E-state index is 5.33. The lowest BCUT2D eigenvalue weighted by Gasteiger charge is -2.14. The molecule has 0 atom stereocenters. The first-order chi connectivity index (χ1) is 35.6. The number of hydrogen-bond donors (Lipinski definition) is 0. The van der Waals surface area contributed by atoms with E-state index < -0.39 is 0 Å². The van der Waals surface area contributed by atoms with Gasteiger partial charge in [-0.05, 0) is 158 Å². The minimum Gasteiger partial charge on any atom is -0.208 e. The van der Waals surface area contributed by atoms with Gasteiger partial charge in [0.15, 0.2) is 17.5 Å². The summed E-state index contributed by atoms with van der Waals surface area (Å²) in [4.78, 5) is 16.0. The van der Waals surface area contributed by atoms with Crippen molar-refractivity contribution in [1.29, 1.82) is 0 Å². The van der Waals surface area contributed by atoms with Crippen molar-refractivity contribution in [3.05, 3.63) is 261 Å². The molecule has 0 aliphatic heterocycles. The first kappa shape index (κ1) is 41.4. The Balaban J connectivity index is 0.892. The van der Waals surface area contributed by atoms with Crippen molar-refractivity contribution in [3.8, 4) is 78.7 Å². The van der Waals surface area contributed by atoms with Crippen molar-refractivity contribution in [2.45, 2.75) is 0 Å². The van der Waals surface area contributed by atoms with Crippen molar-refractivity contribution >= 4 is 64.6 Å². The van der Waals surface area contributed by atoms with Crippen molar-refractivity contribution in [2.75, 3.05) is 0 Å². The third-order valence-corrected chi connectivity index (χ3v) is 14.4. The van der Waals surface area contributed by atoms with Gasteiger partial charge in [-0.3, -0.25) is 0 Å². The van der Waals surface area contributed by atoms with Crippen LogP contribution in [0.3, 0.4) is 0 Å². The van der Waals surface area contributed by atoms with Crippen molar-refractivity contribution in [3.63, 3.8) is 0 Å². The number of nitrogens with zero attached hydrogens (tertiary/aromatic N) is 3. The summed E-state index contributed by atoms with van der Waals surface area (Å²) < 4.78 is 0. The lowest BCUT2D eigenvalue weighted by Crippen LogP contribution is -2.00. The highest BCUT2D eigenvalue weighted by Gasteiger charge is 2.17. The molecule has 0 fully saturated rings. The Labute approximate surface area is 417 Å². The molecule has 3 heteroatoms. The van der Waals surface area contributed by atoms with Crippen LogP contribution in [0.25, 0.3) is 143 Å². The first-order valence-electron chi connectivity index (χ1n) is 24.6. The summed E-state index contributed by atoms with van der Waals surface area (Å²) in [5, 5.41) is 14.7. The number of rotatable bonds is 7. The molecule has 13 aromatic carbocycles. The molecule has 0 saturated carbocycles. The zero-order chi connectivity index (χ0) is 47.5. The average Bonchev–Trinajstić information content (AvgIpc) is 3.46. The Kier molecular flexibility index (Phi) is 9.85. The molecule has 1 heterocycles. The molecule has 0 N–H and O–H groups in total. The Hall–Kier alpha value is -9.57. The largest absolute Gasteiger partial charge is 0.208 e. The third kappa shape index (κ3) is 7.35. The minimum absolute atomic E-state index is 0.612. The van der Waals surface area contributed by atoms with Crippen LogP contribution in [0.5, 0.6) is 0 Å². The normalized spacial score (nSPS) is 11.6. The van der Waals surface area contributed by atoms with Crippen molar-refractivity contribution in [1.82, 2.24) is 15.0 Å². The van der Waals surface area contributed by atoms with Crippen LogP contribution in [-0.2, 0) is 0 Å². The van der Waals surface area contributed by atoms with Gasteiger partial charge in [-0.1, -0.05) is 212 Å². The van der Waals surface area contributed by atoms with E-state index >= 15 is 0 Å². The predicted molar refractivity (Wildman–Crippen MR) is 303 cm³/mol. The second kappa shape index (κ2) is 17.1. The Morgan fingerprint density at radius 2 is 0.472 bits per heavy atom. The van der Waals surface area contributed by atoms with E-state index in [1.807, 2.05) is 0 Å². The Morgan fingerprint density at radius 3 is 0.931 bits per heavy atom. The lowest BCUT2D eigenvalue weighted by atomic mass is 9.92. The number of hydrogen-bond acceptors (Lipinski definition) is 3. The van der Waals surface area contributed by atoms with E-state index in [4.69, 9.17) is 15.0 Å². The summed E-state index contributed by atoms with van der Waals surface area (Å²) in [7, 11) is 0. The summed E-state index contributed by atoms with van der Waals surface area (Å²) in [5.74, 6) is 1.84. The fraction of sp³-hybridized carbons (Fsp3) is 0. The summed E-state index contributed by atoms with van der Waals surface area (Å²) in [6.07, 6.45) is 0. The summed E-state index contributed by atoms with van der Waals surface area (Å²) in [6.45, 7) is 0. The van der Waals surface area contributed by atoms with Crippen LogP contribution in [0.2, 0.25) is 0 Å². The highest BCUT2D eigenvalue weighted by Crippen LogP contribution is 2.39. The molecule has 1 aromatic heterocycles. The second-order valence-corrected chi connectivity index (χ2v) is 18.8. The molecule has 72 heavy (non-hydrogen) atoms. The van der Waals surface area contributed by atoms with Crippen LogP contribution < -0.4 is 0 Å². The van der Waals surface area contributed by atoms with E-state index in [9.17, 15) is 0 Å². The Morgan fingerprint density at radius 1 is 0.167 bits per heavy atom. The van der Waals surface area contributed by atoms with Gasteiger partial charge in [-0.15, -0.1) is 0 Å². The molecule has 0 radical (unpaired) electrons. The second-order valence-electron chi connectivity index (χ2n) is 18.8. The molecule has 0 spiro atoms. The Bertz CT molecular complexity index is 4290. The monoisotopic (exact) mass is 913 g/mol. The number of aromatic nitrogens is 3. The molecule has 3 nitrogen and oxygen atoms in total. The smallest absolute Gasteiger partial charge is 0.164 e. The van der Waals surface area contributed by atoms with Gasteiger partial charge in [-0.25, -0.2) is 15.0 Å². The molecule has 0 aliphatic rings. The van der Waals surface area contributed by atoms with Gasteiger partial charge in [-0.2, -0.15) is 0 Å². The zero-order valence-corrected chi connectivity index (χ0v) is 39.2. The van der Waals surface area contributed by atoms with E-state index in [1.165, 1.54) is 86.9 Å². The standard InChI is InChI=1S/C69H43N3/c1-2-15-45-36-48(31-30-44(45)14-1)50-35-34-49-37-47(32-33-51(49)38-50)46-18-11-21-56(39-46)67-70-68(57-22-12-19-52(40-57)65-42-54-16-3-5-24-59(54)61-26-7-9-28-63(61)65)72-69(71-67)58-23-13-20-53(41-58)66-43-55-17-4-6-25-60(55)62-27-8-10-29-64(62)66/h1-43H. The molecular weight excluding hydrogens is 871 g/mol. The fourth-order valence-electron chi connectivity index (χ4n) is 10.8. The number of benzene rings is 13. The van der Waals surface area contributed by atoms with Crippen molar-refractivity contribution < 1.29 is 0 Å². The third-order valence-electron chi connectivity index (χ3n) is 14.4. The molecule has 0 saturated heterocycles. The molecule has 14 rings (SSSR count). The maximum atomic E-state index is 5.33. The summed E-state index contributed by atoms with van der Waals surface area (Å²) in [5.41, 5.74) is 11.9. The van der Waals surface area contributed by atoms with E-state index in [2.05, 4.69) is 261 Å². The molecule has 14 aromatic rings. The zero-order valence-electron chi connectivity index (χ0n) is 39.2. The van der Waals surface area contributed by atoms with E-state index in [-0.39, 0.29) is 0 Å². The molecular formula is C69H43N3. The fourth-order valence-corrected chi connectivity index (χ4v) is 10.8. The van der Waals surface area contributed by atoms with E-state index in [0.29, 0.717) is 17.5 Å². The van der Waals surface area contributed by atoms with Crippen LogP contribution >= 0.6 is 0 Å². The minimum atomic E-state index is 0.612. The highest BCUT2D eigenvalue weighted by molar-refractivity contribution is 6.15. The quantitative estimate of drug-likeness (QED) is 0.150. The van der Waals surface area contributed by atoms with E-state index in [0.717, 1.165) is 38.9 Å². The van der Waals surface area contributed by atoms with Crippen LogP contribution in [0.15, 0.2) is 261 Å². The topological polar surface area (TPSA) is 38.7 Å². The van der Waals surface area contributed by atoms with Crippen LogP contribution in [0.1, 0.15) is 0 Å². The molecule has 334 valence electrons. The average molecular weight is 914 g/mol. The van der Waals surface area contributed by atoms with Gasteiger partial charge in [0.25, 0.3) is 0 Å². The van der Waals surface area contributed by atoms with E-state index in [1.54, 1.807) is 0 Å². The van der Waals surface area contributed by atoms with Crippen molar-refractivity contribution in [2.24, 2.45) is 0 Å². The van der Waals surface area contributed by atoms with Crippen LogP contribution in [0, 0.1) is 0 Å². The molecule has 0 unspecified atom stereocenters. The molecule has 0 amide bonds. The number of fused-ring (bicyclic) bond motifs is 8. The van der Waals surface area contributed by atoms with Crippen LogP contribution in [-0.4, -0.2) is 15.0 Å². The molecule has 0 aliphatic carbocycles. The predicted octanol–water partition coefficient (Wildman–Crippen LogP) is 18.5. The van der Waals surface area contributed by atoms with Crippen LogP contribution in [0.4, 0.5) is 0 Å².